The van der Waals surface area contributed by atoms with E-state index < -0.39 is 11.2 Å². The first kappa shape index (κ1) is 24.4. The highest BCUT2D eigenvalue weighted by Gasteiger charge is 2.20. The number of nitrogens with zero attached hydrogens (tertiary/aromatic N) is 4. The third-order valence-corrected chi connectivity index (χ3v) is 7.24. The highest BCUT2D eigenvalue weighted by Crippen LogP contribution is 2.29. The number of hydrogen-bond acceptors (Lipinski definition) is 6. The van der Waals surface area contributed by atoms with Crippen LogP contribution in [0, 0.1) is 5.92 Å². The SMILES string of the molecule is CCCCn1c(=O)[nH]c(=O)c2c1nc(CCC(=O)Nc1nc3c(s1)CCCCC3)n2CC(C)C. The Balaban J connectivity index is 1.57. The number of thiazole rings is 1. The van der Waals surface area contributed by atoms with Gasteiger partial charge in [0.25, 0.3) is 5.56 Å². The first-order valence-electron chi connectivity index (χ1n) is 12.4. The fraction of sp³-hybridized carbons (Fsp3) is 0.625. The van der Waals surface area contributed by atoms with Crippen LogP contribution in [-0.4, -0.2) is 30.0 Å². The van der Waals surface area contributed by atoms with Gasteiger partial charge in [-0.2, -0.15) is 0 Å². The summed E-state index contributed by atoms with van der Waals surface area (Å²) >= 11 is 1.58. The molecule has 0 fully saturated rings. The van der Waals surface area contributed by atoms with Crippen molar-refractivity contribution >= 4 is 33.5 Å². The summed E-state index contributed by atoms with van der Waals surface area (Å²) < 4.78 is 3.42. The van der Waals surface area contributed by atoms with Crippen molar-refractivity contribution in [3.63, 3.8) is 0 Å². The van der Waals surface area contributed by atoms with E-state index in [9.17, 15) is 14.4 Å². The number of aromatic nitrogens is 5. The molecule has 1 aliphatic carbocycles. The molecule has 1 amide bonds. The monoisotopic (exact) mass is 486 g/mol. The molecule has 0 saturated carbocycles. The fourth-order valence-electron chi connectivity index (χ4n) is 4.48. The van der Waals surface area contributed by atoms with Crippen molar-refractivity contribution in [3.05, 3.63) is 37.2 Å². The Kier molecular flexibility index (Phi) is 7.65. The van der Waals surface area contributed by atoms with Crippen molar-refractivity contribution in [2.45, 2.75) is 91.6 Å². The number of aryl methyl sites for hydroxylation is 4. The van der Waals surface area contributed by atoms with Crippen LogP contribution in [0.3, 0.4) is 0 Å². The van der Waals surface area contributed by atoms with E-state index in [1.165, 1.54) is 17.7 Å². The van der Waals surface area contributed by atoms with Gasteiger partial charge in [-0.25, -0.2) is 14.8 Å². The normalized spacial score (nSPS) is 13.9. The van der Waals surface area contributed by atoms with Crippen LogP contribution >= 0.6 is 11.3 Å². The molecule has 184 valence electrons. The van der Waals surface area contributed by atoms with Gasteiger partial charge in [0.2, 0.25) is 5.91 Å². The zero-order chi connectivity index (χ0) is 24.2. The van der Waals surface area contributed by atoms with E-state index >= 15 is 0 Å². The number of hydrogen-bond donors (Lipinski definition) is 2. The number of nitrogens with one attached hydrogen (secondary N) is 2. The molecule has 1 aliphatic rings. The Bertz CT molecular complexity index is 1260. The standard InChI is InChI=1S/C24H34N6O3S/c1-4-5-13-29-21-20(22(32)28-24(29)33)30(14-15(2)3)18(26-21)11-12-19(31)27-23-25-16-9-7-6-8-10-17(16)34-23/h15H,4-14H2,1-3H3,(H,25,27,31)(H,28,32,33). The number of carbonyl (C=O) groups is 1. The Hall–Kier alpha value is -2.75. The third-order valence-electron chi connectivity index (χ3n) is 6.17. The lowest BCUT2D eigenvalue weighted by molar-refractivity contribution is -0.116. The first-order chi connectivity index (χ1) is 16.4. The minimum atomic E-state index is -0.437. The van der Waals surface area contributed by atoms with Crippen molar-refractivity contribution < 1.29 is 4.79 Å². The van der Waals surface area contributed by atoms with Gasteiger partial charge in [0.05, 0.1) is 5.69 Å². The van der Waals surface area contributed by atoms with Crippen LogP contribution in [0.4, 0.5) is 5.13 Å². The van der Waals surface area contributed by atoms with Crippen molar-refractivity contribution in [3.8, 4) is 0 Å². The molecule has 0 unspecified atom stereocenters. The molecule has 0 atom stereocenters. The molecule has 0 saturated heterocycles. The van der Waals surface area contributed by atoms with Crippen molar-refractivity contribution in [1.29, 1.82) is 0 Å². The minimum Gasteiger partial charge on any atom is -0.322 e. The molecule has 0 radical (unpaired) electrons. The summed E-state index contributed by atoms with van der Waals surface area (Å²) in [6, 6.07) is 0. The van der Waals surface area contributed by atoms with Gasteiger partial charge in [0.15, 0.2) is 16.3 Å². The molecular weight excluding hydrogens is 452 g/mol. The van der Waals surface area contributed by atoms with Crippen molar-refractivity contribution in [2.75, 3.05) is 5.32 Å². The lowest BCUT2D eigenvalue weighted by Gasteiger charge is -2.11. The zero-order valence-electron chi connectivity index (χ0n) is 20.3. The maximum atomic E-state index is 12.7. The zero-order valence-corrected chi connectivity index (χ0v) is 21.1. The van der Waals surface area contributed by atoms with E-state index in [0.29, 0.717) is 41.6 Å². The predicted octanol–water partition coefficient (Wildman–Crippen LogP) is 3.64. The Morgan fingerprint density at radius 3 is 2.71 bits per heavy atom. The van der Waals surface area contributed by atoms with E-state index in [1.807, 2.05) is 4.57 Å². The first-order valence-corrected chi connectivity index (χ1v) is 13.2. The molecule has 0 spiro atoms. The van der Waals surface area contributed by atoms with E-state index in [1.54, 1.807) is 15.9 Å². The quantitative estimate of drug-likeness (QED) is 0.448. The number of H-pyrrole nitrogens is 1. The summed E-state index contributed by atoms with van der Waals surface area (Å²) in [5.41, 5.74) is 1.07. The van der Waals surface area contributed by atoms with Gasteiger partial charge in [-0.1, -0.05) is 33.6 Å². The number of aromatic amines is 1. The van der Waals surface area contributed by atoms with Crippen LogP contribution in [0.2, 0.25) is 0 Å². The Morgan fingerprint density at radius 2 is 1.94 bits per heavy atom. The lowest BCUT2D eigenvalue weighted by Crippen LogP contribution is -2.31. The van der Waals surface area contributed by atoms with E-state index in [-0.39, 0.29) is 18.2 Å². The number of amides is 1. The summed E-state index contributed by atoms with van der Waals surface area (Å²) in [5, 5.41) is 3.62. The molecule has 34 heavy (non-hydrogen) atoms. The maximum Gasteiger partial charge on any atom is 0.330 e. The number of fused-ring (bicyclic) bond motifs is 2. The second kappa shape index (κ2) is 10.7. The Labute approximate surface area is 202 Å². The number of carbonyl (C=O) groups excluding carboxylic acids is 1. The second-order valence-corrected chi connectivity index (χ2v) is 10.6. The van der Waals surface area contributed by atoms with E-state index in [4.69, 9.17) is 4.98 Å². The predicted molar refractivity (Wildman–Crippen MR) is 135 cm³/mol. The van der Waals surface area contributed by atoms with Crippen LogP contribution in [0.1, 0.15) is 75.7 Å². The minimum absolute atomic E-state index is 0.121. The molecule has 0 aromatic carbocycles. The van der Waals surface area contributed by atoms with Gasteiger partial charge in [-0.3, -0.25) is 19.1 Å². The van der Waals surface area contributed by atoms with Crippen LogP contribution in [0.25, 0.3) is 11.2 Å². The number of anilines is 1. The maximum absolute atomic E-state index is 12.7. The highest BCUT2D eigenvalue weighted by atomic mass is 32.1. The summed E-state index contributed by atoms with van der Waals surface area (Å²) in [4.78, 5) is 51.0. The van der Waals surface area contributed by atoms with Crippen LogP contribution in [0.5, 0.6) is 0 Å². The average molecular weight is 487 g/mol. The number of imidazole rings is 1. The summed E-state index contributed by atoms with van der Waals surface area (Å²) in [6.45, 7) is 7.26. The molecule has 0 aliphatic heterocycles. The number of unbranched alkanes of at least 4 members (excludes halogenated alkanes) is 1. The molecule has 2 N–H and O–H groups in total. The third kappa shape index (κ3) is 5.32. The summed E-state index contributed by atoms with van der Waals surface area (Å²) in [7, 11) is 0. The van der Waals surface area contributed by atoms with Gasteiger partial charge >= 0.3 is 5.69 Å². The van der Waals surface area contributed by atoms with Crippen LogP contribution in [-0.2, 0) is 37.1 Å². The second-order valence-electron chi connectivity index (χ2n) is 9.47. The topological polar surface area (TPSA) is 115 Å². The average Bonchev–Trinajstić information content (AvgIpc) is 3.25. The fourth-order valence-corrected chi connectivity index (χ4v) is 5.55. The Morgan fingerprint density at radius 1 is 1.15 bits per heavy atom. The summed E-state index contributed by atoms with van der Waals surface area (Å²) in [6.07, 6.45) is 7.92. The molecule has 4 rings (SSSR count). The van der Waals surface area contributed by atoms with Crippen LogP contribution < -0.4 is 16.6 Å². The van der Waals surface area contributed by atoms with Gasteiger partial charge < -0.3 is 9.88 Å². The van der Waals surface area contributed by atoms with Crippen LogP contribution in [0.15, 0.2) is 9.59 Å². The summed E-state index contributed by atoms with van der Waals surface area (Å²) in [5.74, 6) is 0.797. The molecule has 9 nitrogen and oxygen atoms in total. The van der Waals surface area contributed by atoms with E-state index in [0.717, 1.165) is 37.8 Å². The van der Waals surface area contributed by atoms with Gasteiger partial charge in [-0.05, 0) is 38.0 Å². The van der Waals surface area contributed by atoms with Gasteiger partial charge in [0, 0.05) is 30.8 Å². The molecule has 0 bridgehead atoms. The van der Waals surface area contributed by atoms with Gasteiger partial charge in [-0.15, -0.1) is 11.3 Å². The van der Waals surface area contributed by atoms with Crippen molar-refractivity contribution in [2.24, 2.45) is 5.92 Å². The molecular formula is C24H34N6O3S. The molecule has 3 heterocycles. The highest BCUT2D eigenvalue weighted by molar-refractivity contribution is 7.15. The molecule has 3 aromatic rings. The molecule has 10 heteroatoms. The largest absolute Gasteiger partial charge is 0.330 e. The van der Waals surface area contributed by atoms with Gasteiger partial charge in [0.1, 0.15) is 5.82 Å². The molecule has 3 aromatic heterocycles. The smallest absolute Gasteiger partial charge is 0.322 e. The number of rotatable bonds is 9. The van der Waals surface area contributed by atoms with E-state index in [2.05, 4.69) is 36.1 Å². The van der Waals surface area contributed by atoms with Crippen molar-refractivity contribution in [1.82, 2.24) is 24.1 Å². The lowest BCUT2D eigenvalue weighted by atomic mass is 10.2.